The van der Waals surface area contributed by atoms with Gasteiger partial charge in [0.2, 0.25) is 0 Å². The third-order valence-corrected chi connectivity index (χ3v) is 2.54. The van der Waals surface area contributed by atoms with Crippen LogP contribution in [-0.4, -0.2) is 31.1 Å². The first kappa shape index (κ1) is 11.3. The van der Waals surface area contributed by atoms with Crippen LogP contribution in [0.15, 0.2) is 15.9 Å². The molecule has 2 aromatic heterocycles. The minimum atomic E-state index is -0.739. The first-order valence-corrected chi connectivity index (χ1v) is 4.85. The lowest BCUT2D eigenvalue weighted by atomic mass is 10.4. The number of nitrogens with two attached hydrogens (primary N) is 1. The molecule has 0 saturated heterocycles. The van der Waals surface area contributed by atoms with Gasteiger partial charge >= 0.3 is 5.69 Å². The zero-order valence-electron chi connectivity index (χ0n) is 9.38. The molecule has 90 valence electrons. The summed E-state index contributed by atoms with van der Waals surface area (Å²) in [4.78, 5) is 39.2. The van der Waals surface area contributed by atoms with Crippen LogP contribution in [0.1, 0.15) is 4.79 Å². The van der Waals surface area contributed by atoms with Crippen molar-refractivity contribution in [2.75, 3.05) is 6.54 Å². The first-order chi connectivity index (χ1) is 7.99. The highest BCUT2D eigenvalue weighted by atomic mass is 16.2. The lowest BCUT2D eigenvalue weighted by molar-refractivity contribution is 0.0913. The minimum absolute atomic E-state index is 0.189. The van der Waals surface area contributed by atoms with Crippen molar-refractivity contribution in [3.05, 3.63) is 27.2 Å². The summed E-state index contributed by atoms with van der Waals surface area (Å²) >= 11 is 0. The van der Waals surface area contributed by atoms with Crippen molar-refractivity contribution < 1.29 is 4.79 Å². The van der Waals surface area contributed by atoms with E-state index in [1.165, 1.54) is 17.9 Å². The third-order valence-electron chi connectivity index (χ3n) is 2.54. The molecule has 2 rings (SSSR count). The van der Waals surface area contributed by atoms with Crippen LogP contribution in [0.3, 0.4) is 0 Å². The predicted molar refractivity (Wildman–Crippen MR) is 59.9 cm³/mol. The Morgan fingerprint density at radius 1 is 1.41 bits per heavy atom. The van der Waals surface area contributed by atoms with Gasteiger partial charge in [-0.3, -0.25) is 14.2 Å². The van der Waals surface area contributed by atoms with Crippen molar-refractivity contribution in [2.24, 2.45) is 19.8 Å². The Kier molecular flexibility index (Phi) is 2.43. The maximum Gasteiger partial charge on any atom is 0.339 e. The van der Waals surface area contributed by atoms with Gasteiger partial charge in [0.15, 0.2) is 11.2 Å². The zero-order valence-corrected chi connectivity index (χ0v) is 9.38. The molecular formula is C9H11N5O3. The van der Waals surface area contributed by atoms with Crippen LogP contribution in [-0.2, 0) is 14.1 Å². The average molecular weight is 237 g/mol. The minimum Gasteiger partial charge on any atom is -0.328 e. The van der Waals surface area contributed by atoms with Gasteiger partial charge in [-0.25, -0.2) is 9.78 Å². The van der Waals surface area contributed by atoms with Crippen molar-refractivity contribution in [3.8, 4) is 0 Å². The van der Waals surface area contributed by atoms with Crippen LogP contribution in [0, 0.1) is 0 Å². The van der Waals surface area contributed by atoms with E-state index >= 15 is 0 Å². The largest absolute Gasteiger partial charge is 0.339 e. The summed E-state index contributed by atoms with van der Waals surface area (Å²) in [6.07, 6.45) is 1.41. The number of imidazole rings is 1. The van der Waals surface area contributed by atoms with Gasteiger partial charge in [0.25, 0.3) is 11.5 Å². The molecule has 0 aromatic carbocycles. The number of nitrogens with zero attached hydrogens (tertiary/aromatic N) is 4. The summed E-state index contributed by atoms with van der Waals surface area (Å²) in [6, 6.07) is 0. The first-order valence-electron chi connectivity index (χ1n) is 4.85. The summed E-state index contributed by atoms with van der Waals surface area (Å²) in [5, 5.41) is 0. The predicted octanol–water partition coefficient (Wildman–Crippen LogP) is -1.97. The molecule has 0 aliphatic rings. The summed E-state index contributed by atoms with van der Waals surface area (Å²) in [6.45, 7) is -0.404. The van der Waals surface area contributed by atoms with Gasteiger partial charge in [0.1, 0.15) is 0 Å². The number of fused-ring (bicyclic) bond motifs is 1. The molecule has 0 amide bonds. The maximum atomic E-state index is 12.0. The van der Waals surface area contributed by atoms with Crippen molar-refractivity contribution in [3.63, 3.8) is 0 Å². The van der Waals surface area contributed by atoms with Crippen molar-refractivity contribution >= 4 is 17.1 Å². The van der Waals surface area contributed by atoms with E-state index in [-0.39, 0.29) is 11.2 Å². The summed E-state index contributed by atoms with van der Waals surface area (Å²) < 4.78 is 3.13. The second kappa shape index (κ2) is 3.67. The van der Waals surface area contributed by atoms with Gasteiger partial charge in [-0.05, 0) is 0 Å². The smallest absolute Gasteiger partial charge is 0.328 e. The normalized spacial score (nSPS) is 11.0. The van der Waals surface area contributed by atoms with Crippen LogP contribution in [0.4, 0.5) is 0 Å². The summed E-state index contributed by atoms with van der Waals surface area (Å²) in [7, 11) is 3.05. The summed E-state index contributed by atoms with van der Waals surface area (Å²) in [5.74, 6) is -0.737. The Morgan fingerprint density at radius 2 is 2.06 bits per heavy atom. The van der Waals surface area contributed by atoms with Crippen LogP contribution in [0.2, 0.25) is 0 Å². The van der Waals surface area contributed by atoms with Gasteiger partial charge in [-0.15, -0.1) is 0 Å². The molecule has 0 bridgehead atoms. The van der Waals surface area contributed by atoms with Gasteiger partial charge in [0, 0.05) is 14.1 Å². The molecule has 2 N–H and O–H groups in total. The maximum absolute atomic E-state index is 12.0. The molecular weight excluding hydrogens is 226 g/mol. The van der Waals surface area contributed by atoms with E-state index in [1.54, 1.807) is 7.05 Å². The van der Waals surface area contributed by atoms with Gasteiger partial charge < -0.3 is 10.3 Å². The third kappa shape index (κ3) is 1.41. The van der Waals surface area contributed by atoms with Crippen LogP contribution in [0.25, 0.3) is 11.2 Å². The van der Waals surface area contributed by atoms with Crippen molar-refractivity contribution in [2.45, 2.75) is 0 Å². The number of carbonyl (C=O) groups is 1. The van der Waals surface area contributed by atoms with E-state index in [4.69, 9.17) is 5.73 Å². The average Bonchev–Trinajstić information content (AvgIpc) is 2.68. The van der Waals surface area contributed by atoms with Crippen LogP contribution in [0.5, 0.6) is 0 Å². The van der Waals surface area contributed by atoms with E-state index in [1.807, 2.05) is 0 Å². The number of rotatable bonds is 1. The molecule has 0 aliphatic heterocycles. The molecule has 0 spiro atoms. The van der Waals surface area contributed by atoms with E-state index in [9.17, 15) is 14.4 Å². The Hall–Kier alpha value is -2.22. The van der Waals surface area contributed by atoms with Crippen molar-refractivity contribution in [1.29, 1.82) is 0 Å². The molecule has 0 radical (unpaired) electrons. The Balaban J connectivity index is 3.05. The van der Waals surface area contributed by atoms with Crippen LogP contribution >= 0.6 is 0 Å². The fourth-order valence-electron chi connectivity index (χ4n) is 1.65. The van der Waals surface area contributed by atoms with E-state index in [0.29, 0.717) is 4.57 Å². The second-order valence-electron chi connectivity index (χ2n) is 3.61. The van der Waals surface area contributed by atoms with E-state index in [2.05, 4.69) is 4.98 Å². The van der Waals surface area contributed by atoms with Crippen molar-refractivity contribution in [1.82, 2.24) is 18.7 Å². The highest BCUT2D eigenvalue weighted by Gasteiger charge is 2.18. The second-order valence-corrected chi connectivity index (χ2v) is 3.61. The fraction of sp³-hybridized carbons (Fsp3) is 0.333. The van der Waals surface area contributed by atoms with Gasteiger partial charge in [0.05, 0.1) is 12.9 Å². The lowest BCUT2D eigenvalue weighted by Gasteiger charge is -2.05. The molecule has 0 aliphatic carbocycles. The SMILES string of the molecule is Cn1cnc2c1c(=O)n(C(=O)CN)c(=O)n2C. The number of carbonyl (C=O) groups excluding carboxylic acids is 1. The number of aryl methyl sites for hydroxylation is 2. The highest BCUT2D eigenvalue weighted by molar-refractivity contribution is 5.83. The zero-order chi connectivity index (χ0) is 12.7. The van der Waals surface area contributed by atoms with E-state index < -0.39 is 23.7 Å². The fourth-order valence-corrected chi connectivity index (χ4v) is 1.65. The number of aromatic nitrogens is 4. The standard InChI is InChI=1S/C9H11N5O3/c1-12-4-11-7-6(12)8(16)14(5(15)3-10)9(17)13(7)2/h4H,3,10H2,1-2H3. The van der Waals surface area contributed by atoms with Crippen LogP contribution < -0.4 is 17.0 Å². The van der Waals surface area contributed by atoms with Gasteiger partial charge in [-0.1, -0.05) is 0 Å². The Morgan fingerprint density at radius 3 is 2.65 bits per heavy atom. The molecule has 8 heteroatoms. The molecule has 2 aromatic rings. The molecule has 8 nitrogen and oxygen atoms in total. The quantitative estimate of drug-likeness (QED) is 0.619. The summed E-state index contributed by atoms with van der Waals surface area (Å²) in [5.41, 5.74) is 4.16. The highest BCUT2D eigenvalue weighted by Crippen LogP contribution is 2.02. The number of hydrogen-bond acceptors (Lipinski definition) is 5. The monoisotopic (exact) mass is 237 g/mol. The molecule has 0 unspecified atom stereocenters. The van der Waals surface area contributed by atoms with Gasteiger partial charge in [-0.2, -0.15) is 4.57 Å². The molecule has 0 fully saturated rings. The number of hydrogen-bond donors (Lipinski definition) is 1. The molecule has 17 heavy (non-hydrogen) atoms. The lowest BCUT2D eigenvalue weighted by Crippen LogP contribution is -2.45. The Labute approximate surface area is 94.9 Å². The molecule has 0 atom stereocenters. The molecule has 0 saturated carbocycles. The van der Waals surface area contributed by atoms with E-state index in [0.717, 1.165) is 4.57 Å². The topological polar surface area (TPSA) is 105 Å². The molecule has 2 heterocycles. The Bertz CT molecular complexity index is 721.